The zero-order valence-corrected chi connectivity index (χ0v) is 14.4. The molecule has 138 valence electrons. The topological polar surface area (TPSA) is 125 Å². The lowest BCUT2D eigenvalue weighted by Crippen LogP contribution is -2.16. The standard InChI is InChI=1S/C18H25NO6/c1-2-5-14(18(24)25)17-13(7-4-9-16(22)23)10-12(11-19-17)6-3-8-15(20)21/h10-11,14H,2-9H2,1H3,(H,20,21)(H,22,23)(H,24,25). The Kier molecular flexibility index (Phi) is 8.60. The van der Waals surface area contributed by atoms with E-state index in [1.165, 1.54) is 0 Å². The van der Waals surface area contributed by atoms with Crippen LogP contribution in [0.3, 0.4) is 0 Å². The van der Waals surface area contributed by atoms with Crippen molar-refractivity contribution in [3.8, 4) is 0 Å². The van der Waals surface area contributed by atoms with Gasteiger partial charge in [0.15, 0.2) is 0 Å². The first-order valence-electron chi connectivity index (χ1n) is 8.49. The number of aromatic nitrogens is 1. The first-order valence-corrected chi connectivity index (χ1v) is 8.49. The first-order chi connectivity index (χ1) is 11.8. The van der Waals surface area contributed by atoms with Gasteiger partial charge in [-0.1, -0.05) is 19.4 Å². The summed E-state index contributed by atoms with van der Waals surface area (Å²) in [5, 5.41) is 27.0. The van der Waals surface area contributed by atoms with Gasteiger partial charge in [-0.3, -0.25) is 19.4 Å². The Morgan fingerprint density at radius 3 is 2.16 bits per heavy atom. The molecule has 1 aromatic rings. The second kappa shape index (κ2) is 10.4. The van der Waals surface area contributed by atoms with Gasteiger partial charge in [-0.15, -0.1) is 0 Å². The van der Waals surface area contributed by atoms with E-state index < -0.39 is 23.8 Å². The highest BCUT2D eigenvalue weighted by atomic mass is 16.4. The van der Waals surface area contributed by atoms with Gasteiger partial charge in [-0.05, 0) is 43.2 Å². The summed E-state index contributed by atoms with van der Waals surface area (Å²) in [5.74, 6) is -3.40. The zero-order chi connectivity index (χ0) is 18.8. The van der Waals surface area contributed by atoms with Crippen LogP contribution in [-0.4, -0.2) is 38.2 Å². The third-order valence-corrected chi connectivity index (χ3v) is 3.96. The molecule has 0 fully saturated rings. The molecule has 1 heterocycles. The van der Waals surface area contributed by atoms with Crippen LogP contribution >= 0.6 is 0 Å². The Hall–Kier alpha value is -2.44. The minimum atomic E-state index is -0.938. The molecule has 0 spiro atoms. The molecular weight excluding hydrogens is 326 g/mol. The second-order valence-corrected chi connectivity index (χ2v) is 6.06. The van der Waals surface area contributed by atoms with E-state index in [1.54, 1.807) is 6.20 Å². The Bertz CT molecular complexity index is 614. The van der Waals surface area contributed by atoms with Crippen LogP contribution < -0.4 is 0 Å². The molecule has 7 heteroatoms. The van der Waals surface area contributed by atoms with Crippen LogP contribution in [0.5, 0.6) is 0 Å². The van der Waals surface area contributed by atoms with Crippen LogP contribution in [0.4, 0.5) is 0 Å². The number of carboxylic acids is 3. The average Bonchev–Trinajstić information content (AvgIpc) is 2.52. The number of hydrogen-bond donors (Lipinski definition) is 3. The van der Waals surface area contributed by atoms with E-state index >= 15 is 0 Å². The van der Waals surface area contributed by atoms with Crippen molar-refractivity contribution in [2.24, 2.45) is 0 Å². The second-order valence-electron chi connectivity index (χ2n) is 6.06. The van der Waals surface area contributed by atoms with Crippen molar-refractivity contribution in [1.29, 1.82) is 0 Å². The number of carboxylic acid groups (broad SMARTS) is 3. The van der Waals surface area contributed by atoms with Gasteiger partial charge in [0.1, 0.15) is 0 Å². The molecule has 0 aliphatic heterocycles. The van der Waals surface area contributed by atoms with E-state index in [0.29, 0.717) is 44.2 Å². The summed E-state index contributed by atoms with van der Waals surface area (Å²) in [5.41, 5.74) is 2.08. The molecule has 1 rings (SSSR count). The average molecular weight is 351 g/mol. The zero-order valence-electron chi connectivity index (χ0n) is 14.4. The van der Waals surface area contributed by atoms with Crippen molar-refractivity contribution < 1.29 is 29.7 Å². The van der Waals surface area contributed by atoms with E-state index in [2.05, 4.69) is 4.98 Å². The van der Waals surface area contributed by atoms with Gasteiger partial charge >= 0.3 is 17.9 Å². The summed E-state index contributed by atoms with van der Waals surface area (Å²) in [4.78, 5) is 37.2. The van der Waals surface area contributed by atoms with E-state index in [9.17, 15) is 19.5 Å². The number of nitrogens with zero attached hydrogens (tertiary/aromatic N) is 1. The van der Waals surface area contributed by atoms with Crippen LogP contribution in [0.25, 0.3) is 0 Å². The summed E-state index contributed by atoms with van der Waals surface area (Å²) in [6, 6.07) is 1.84. The number of aryl methyl sites for hydroxylation is 2. The lowest BCUT2D eigenvalue weighted by molar-refractivity contribution is -0.139. The molecule has 1 unspecified atom stereocenters. The van der Waals surface area contributed by atoms with Gasteiger partial charge in [-0.25, -0.2) is 0 Å². The molecule has 0 radical (unpaired) electrons. The van der Waals surface area contributed by atoms with E-state index in [0.717, 1.165) is 11.1 Å². The third kappa shape index (κ3) is 7.32. The monoisotopic (exact) mass is 351 g/mol. The van der Waals surface area contributed by atoms with Crippen LogP contribution in [-0.2, 0) is 27.2 Å². The molecule has 0 aromatic carbocycles. The molecule has 1 aromatic heterocycles. The van der Waals surface area contributed by atoms with Crippen molar-refractivity contribution >= 4 is 17.9 Å². The normalized spacial score (nSPS) is 11.9. The maximum atomic E-state index is 11.6. The molecule has 0 saturated heterocycles. The lowest BCUT2D eigenvalue weighted by atomic mass is 9.92. The largest absolute Gasteiger partial charge is 0.481 e. The first kappa shape index (κ1) is 20.6. The lowest BCUT2D eigenvalue weighted by Gasteiger charge is -2.16. The number of aliphatic carboxylic acids is 3. The number of carbonyl (C=O) groups is 3. The predicted molar refractivity (Wildman–Crippen MR) is 90.7 cm³/mol. The van der Waals surface area contributed by atoms with Crippen molar-refractivity contribution in [2.45, 2.75) is 64.2 Å². The Balaban J connectivity index is 3.01. The summed E-state index contributed by atoms with van der Waals surface area (Å²) in [7, 11) is 0. The molecule has 1 atom stereocenters. The van der Waals surface area contributed by atoms with E-state index in [4.69, 9.17) is 10.2 Å². The highest BCUT2D eigenvalue weighted by Gasteiger charge is 2.23. The summed E-state index contributed by atoms with van der Waals surface area (Å²) in [6.45, 7) is 1.90. The SMILES string of the molecule is CCCC(C(=O)O)c1ncc(CCCC(=O)O)cc1CCCC(=O)O. The van der Waals surface area contributed by atoms with Gasteiger partial charge in [0.2, 0.25) is 0 Å². The molecule has 3 N–H and O–H groups in total. The molecule has 0 bridgehead atoms. The minimum absolute atomic E-state index is 0.00813. The Morgan fingerprint density at radius 2 is 1.64 bits per heavy atom. The smallest absolute Gasteiger partial charge is 0.312 e. The van der Waals surface area contributed by atoms with Crippen molar-refractivity contribution in [2.75, 3.05) is 0 Å². The quantitative estimate of drug-likeness (QED) is 0.529. The van der Waals surface area contributed by atoms with Gasteiger partial charge in [0, 0.05) is 19.0 Å². The van der Waals surface area contributed by atoms with E-state index in [-0.39, 0.29) is 12.8 Å². The van der Waals surface area contributed by atoms with Crippen LogP contribution in [0.15, 0.2) is 12.3 Å². The van der Waals surface area contributed by atoms with Crippen LogP contribution in [0, 0.1) is 0 Å². The predicted octanol–water partition coefficient (Wildman–Crippen LogP) is 2.86. The number of hydrogen-bond acceptors (Lipinski definition) is 4. The maximum absolute atomic E-state index is 11.6. The third-order valence-electron chi connectivity index (χ3n) is 3.96. The highest BCUT2D eigenvalue weighted by Crippen LogP contribution is 2.26. The van der Waals surface area contributed by atoms with Gasteiger partial charge in [0.05, 0.1) is 11.6 Å². The fraction of sp³-hybridized carbons (Fsp3) is 0.556. The molecule has 7 nitrogen and oxygen atoms in total. The number of pyridine rings is 1. The molecule has 0 aliphatic rings. The summed E-state index contributed by atoms with van der Waals surface area (Å²) >= 11 is 0. The number of rotatable bonds is 12. The fourth-order valence-electron chi connectivity index (χ4n) is 2.76. The van der Waals surface area contributed by atoms with Crippen LogP contribution in [0.2, 0.25) is 0 Å². The molecule has 25 heavy (non-hydrogen) atoms. The van der Waals surface area contributed by atoms with Gasteiger partial charge in [-0.2, -0.15) is 0 Å². The summed E-state index contributed by atoms with van der Waals surface area (Å²) in [6.07, 6.45) is 4.69. The highest BCUT2D eigenvalue weighted by molar-refractivity contribution is 5.76. The van der Waals surface area contributed by atoms with Crippen LogP contribution in [0.1, 0.15) is 68.2 Å². The van der Waals surface area contributed by atoms with E-state index in [1.807, 2.05) is 13.0 Å². The van der Waals surface area contributed by atoms with Crippen molar-refractivity contribution in [1.82, 2.24) is 4.98 Å². The Morgan fingerprint density at radius 1 is 1.04 bits per heavy atom. The maximum Gasteiger partial charge on any atom is 0.312 e. The summed E-state index contributed by atoms with van der Waals surface area (Å²) < 4.78 is 0. The fourth-order valence-corrected chi connectivity index (χ4v) is 2.76. The van der Waals surface area contributed by atoms with Gasteiger partial charge in [0.25, 0.3) is 0 Å². The van der Waals surface area contributed by atoms with Crippen molar-refractivity contribution in [3.63, 3.8) is 0 Å². The Labute approximate surface area is 146 Å². The minimum Gasteiger partial charge on any atom is -0.481 e. The molecule has 0 saturated carbocycles. The molecular formula is C18H25NO6. The van der Waals surface area contributed by atoms with Gasteiger partial charge < -0.3 is 15.3 Å². The molecule has 0 amide bonds. The molecule has 0 aliphatic carbocycles. The van der Waals surface area contributed by atoms with Crippen molar-refractivity contribution in [3.05, 3.63) is 29.1 Å².